The smallest absolute Gasteiger partial charge is 0.330 e. The van der Waals surface area contributed by atoms with Gasteiger partial charge in [-0.25, -0.2) is 15.2 Å². The number of hydrogen-bond acceptors (Lipinski definition) is 6. The molecular weight excluding hydrogens is 306 g/mol. The lowest BCUT2D eigenvalue weighted by Crippen LogP contribution is -2.38. The highest BCUT2D eigenvalue weighted by Crippen LogP contribution is 2.18. The van der Waals surface area contributed by atoms with Crippen molar-refractivity contribution in [2.24, 2.45) is 0 Å². The third kappa shape index (κ3) is 4.33. The molecule has 1 aromatic heterocycles. The Balaban J connectivity index is 2.00. The topological polar surface area (TPSA) is 70.2 Å². The Labute approximate surface area is 133 Å². The molecule has 0 radical (unpaired) electrons. The van der Waals surface area contributed by atoms with E-state index in [-0.39, 0.29) is 6.03 Å². The number of carbonyl (C=O) groups is 1. The molecule has 0 aliphatic rings. The molecule has 2 aromatic rings. The van der Waals surface area contributed by atoms with Gasteiger partial charge in [0, 0.05) is 36.9 Å². The quantitative estimate of drug-likeness (QED) is 0.596. The van der Waals surface area contributed by atoms with Crippen molar-refractivity contribution in [2.45, 2.75) is 18.2 Å². The van der Waals surface area contributed by atoms with Crippen LogP contribution in [-0.2, 0) is 6.42 Å². The number of nitrogens with zero attached hydrogens (tertiary/aromatic N) is 3. The van der Waals surface area contributed by atoms with E-state index in [2.05, 4.69) is 32.8 Å². The van der Waals surface area contributed by atoms with Crippen molar-refractivity contribution in [3.63, 3.8) is 0 Å². The fourth-order valence-electron chi connectivity index (χ4n) is 1.61. The Kier molecular flexibility index (Phi) is 5.03. The predicted molar refractivity (Wildman–Crippen MR) is 87.0 cm³/mol. The van der Waals surface area contributed by atoms with Crippen LogP contribution in [0.2, 0.25) is 0 Å². The minimum absolute atomic E-state index is 0.245. The van der Waals surface area contributed by atoms with Crippen LogP contribution >= 0.6 is 24.2 Å². The summed E-state index contributed by atoms with van der Waals surface area (Å²) in [6.45, 7) is 2.05. The Hall–Kier alpha value is -1.80. The summed E-state index contributed by atoms with van der Waals surface area (Å²) in [5.74, 6) is 0.712. The molecular formula is C13H17N5OS2. The van der Waals surface area contributed by atoms with Gasteiger partial charge in [-0.05, 0) is 30.2 Å². The first-order valence-corrected chi connectivity index (χ1v) is 7.52. The molecule has 0 fully saturated rings. The van der Waals surface area contributed by atoms with E-state index >= 15 is 0 Å². The lowest BCUT2D eigenvalue weighted by Gasteiger charge is -2.11. The monoisotopic (exact) mass is 323 g/mol. The zero-order chi connectivity index (χ0) is 15.4. The second kappa shape index (κ2) is 6.77. The van der Waals surface area contributed by atoms with Crippen LogP contribution in [0.4, 0.5) is 9.93 Å². The van der Waals surface area contributed by atoms with Crippen LogP contribution in [-0.4, -0.2) is 34.4 Å². The molecule has 0 aliphatic carbocycles. The molecule has 0 spiro atoms. The molecule has 112 valence electrons. The van der Waals surface area contributed by atoms with Crippen LogP contribution in [0.1, 0.15) is 17.0 Å². The lowest BCUT2D eigenvalue weighted by atomic mass is 10.1. The fraction of sp³-hybridized carbons (Fsp3) is 0.308. The van der Waals surface area contributed by atoms with Crippen molar-refractivity contribution in [3.05, 3.63) is 35.2 Å². The third-order valence-corrected chi connectivity index (χ3v) is 3.78. The highest BCUT2D eigenvalue weighted by molar-refractivity contribution is 7.80. The maximum absolute atomic E-state index is 11.4. The number of hydrazine groups is 1. The summed E-state index contributed by atoms with van der Waals surface area (Å²) in [4.78, 5) is 18.1. The summed E-state index contributed by atoms with van der Waals surface area (Å²) in [5.41, 5.74) is 7.60. The maximum Gasteiger partial charge on any atom is 0.335 e. The number of urea groups is 1. The van der Waals surface area contributed by atoms with Crippen molar-refractivity contribution in [3.8, 4) is 0 Å². The molecule has 0 unspecified atom stereocenters. The summed E-state index contributed by atoms with van der Waals surface area (Å²) >= 11 is 5.55. The van der Waals surface area contributed by atoms with Crippen molar-refractivity contribution in [1.29, 1.82) is 0 Å². The number of aryl methyl sites for hydroxylation is 1. The molecule has 0 atom stereocenters. The molecule has 2 rings (SSSR count). The third-order valence-electron chi connectivity index (χ3n) is 2.83. The first-order valence-electron chi connectivity index (χ1n) is 6.30. The van der Waals surface area contributed by atoms with Gasteiger partial charge in [0.2, 0.25) is 5.13 Å². The molecule has 2 amide bonds. The van der Waals surface area contributed by atoms with Crippen molar-refractivity contribution in [2.75, 3.05) is 19.5 Å². The van der Waals surface area contributed by atoms with Gasteiger partial charge in [0.25, 0.3) is 0 Å². The van der Waals surface area contributed by atoms with Gasteiger partial charge in [-0.15, -0.1) is 12.6 Å². The van der Waals surface area contributed by atoms with E-state index in [1.54, 1.807) is 14.1 Å². The summed E-state index contributed by atoms with van der Waals surface area (Å²) in [5, 5.41) is 0.555. The SMILES string of the molecule is Cc1ccc(S)cc1Cc1nsc(NNC(=O)N(C)C)n1. The van der Waals surface area contributed by atoms with Crippen molar-refractivity contribution in [1.82, 2.24) is 19.7 Å². The lowest BCUT2D eigenvalue weighted by molar-refractivity contribution is 0.219. The summed E-state index contributed by atoms with van der Waals surface area (Å²) in [7, 11) is 3.32. The molecule has 1 heterocycles. The van der Waals surface area contributed by atoms with Crippen LogP contribution in [0, 0.1) is 6.92 Å². The van der Waals surface area contributed by atoms with Crippen LogP contribution in [0.25, 0.3) is 0 Å². The van der Waals surface area contributed by atoms with E-state index < -0.39 is 0 Å². The first-order chi connectivity index (χ1) is 9.95. The number of aromatic nitrogens is 2. The number of hydrogen-bond donors (Lipinski definition) is 3. The number of amides is 2. The van der Waals surface area contributed by atoms with E-state index in [1.807, 2.05) is 25.1 Å². The molecule has 0 bridgehead atoms. The number of carbonyl (C=O) groups excluding carboxylic acids is 1. The van der Waals surface area contributed by atoms with Gasteiger partial charge in [0.1, 0.15) is 5.82 Å². The van der Waals surface area contributed by atoms with Crippen molar-refractivity contribution >= 4 is 35.3 Å². The van der Waals surface area contributed by atoms with Gasteiger partial charge < -0.3 is 4.90 Å². The summed E-state index contributed by atoms with van der Waals surface area (Å²) < 4.78 is 4.28. The Morgan fingerprint density at radius 2 is 2.19 bits per heavy atom. The van der Waals surface area contributed by atoms with Gasteiger partial charge in [-0.1, -0.05) is 6.07 Å². The van der Waals surface area contributed by atoms with E-state index in [0.29, 0.717) is 17.4 Å². The number of anilines is 1. The number of benzene rings is 1. The van der Waals surface area contributed by atoms with Crippen LogP contribution in [0.15, 0.2) is 23.1 Å². The van der Waals surface area contributed by atoms with Gasteiger partial charge in [-0.2, -0.15) is 4.37 Å². The van der Waals surface area contributed by atoms with Gasteiger partial charge >= 0.3 is 6.03 Å². The number of thiol groups is 1. The molecule has 6 nitrogen and oxygen atoms in total. The Morgan fingerprint density at radius 3 is 2.90 bits per heavy atom. The second-order valence-electron chi connectivity index (χ2n) is 4.75. The minimum atomic E-state index is -0.245. The molecule has 2 N–H and O–H groups in total. The van der Waals surface area contributed by atoms with Gasteiger partial charge in [-0.3, -0.25) is 5.43 Å². The van der Waals surface area contributed by atoms with Gasteiger partial charge in [0.15, 0.2) is 0 Å². The first kappa shape index (κ1) is 15.6. The molecule has 8 heteroatoms. The molecule has 21 heavy (non-hydrogen) atoms. The maximum atomic E-state index is 11.4. The summed E-state index contributed by atoms with van der Waals surface area (Å²) in [6, 6.07) is 5.76. The largest absolute Gasteiger partial charge is 0.335 e. The average molecular weight is 323 g/mol. The highest BCUT2D eigenvalue weighted by atomic mass is 32.1. The zero-order valence-corrected chi connectivity index (χ0v) is 13.8. The van der Waals surface area contributed by atoms with Crippen LogP contribution in [0.5, 0.6) is 0 Å². The van der Waals surface area contributed by atoms with Gasteiger partial charge in [0.05, 0.1) is 0 Å². The fourth-order valence-corrected chi connectivity index (χ4v) is 2.38. The predicted octanol–water partition coefficient (Wildman–Crippen LogP) is 2.32. The second-order valence-corrected chi connectivity index (χ2v) is 6.02. The average Bonchev–Trinajstić information content (AvgIpc) is 2.87. The van der Waals surface area contributed by atoms with E-state index in [4.69, 9.17) is 0 Å². The van der Waals surface area contributed by atoms with E-state index in [9.17, 15) is 4.79 Å². The number of nitrogens with one attached hydrogen (secondary N) is 2. The highest BCUT2D eigenvalue weighted by Gasteiger charge is 2.08. The molecule has 0 aliphatic heterocycles. The van der Waals surface area contributed by atoms with Crippen molar-refractivity contribution < 1.29 is 4.79 Å². The van der Waals surface area contributed by atoms with E-state index in [1.165, 1.54) is 22.0 Å². The standard InChI is InChI=1S/C13H17N5OS2/c1-8-4-5-10(20)6-9(8)7-11-14-12(21-17-11)15-16-13(19)18(2)3/h4-6,20H,7H2,1-3H3,(H,16,19)(H,14,15,17). The number of rotatable bonds is 4. The normalized spacial score (nSPS) is 10.3. The summed E-state index contributed by atoms with van der Waals surface area (Å²) in [6.07, 6.45) is 0.639. The Morgan fingerprint density at radius 1 is 1.43 bits per heavy atom. The Bertz CT molecular complexity index is 641. The minimum Gasteiger partial charge on any atom is -0.330 e. The molecule has 0 saturated heterocycles. The molecule has 0 saturated carbocycles. The molecule has 1 aromatic carbocycles. The van der Waals surface area contributed by atoms with E-state index in [0.717, 1.165) is 10.5 Å². The van der Waals surface area contributed by atoms with Crippen LogP contribution < -0.4 is 10.9 Å². The zero-order valence-electron chi connectivity index (χ0n) is 12.0. The van der Waals surface area contributed by atoms with Crippen LogP contribution in [0.3, 0.4) is 0 Å².